The van der Waals surface area contributed by atoms with Crippen LogP contribution in [0.25, 0.3) is 0 Å². The Bertz CT molecular complexity index is 283. The molecule has 1 heterocycles. The highest BCUT2D eigenvalue weighted by Gasteiger charge is 2.23. The van der Waals surface area contributed by atoms with Crippen LogP contribution in [-0.4, -0.2) is 47.7 Å². The predicted octanol–water partition coefficient (Wildman–Crippen LogP) is 1.51. The molecule has 0 aromatic heterocycles. The number of amides is 1. The van der Waals surface area contributed by atoms with Gasteiger partial charge in [-0.25, -0.2) is 0 Å². The number of aliphatic carboxylic acids is 1. The number of rotatable bonds is 6. The Kier molecular flexibility index (Phi) is 6.12. The maximum absolute atomic E-state index is 11.8. The van der Waals surface area contributed by atoms with Gasteiger partial charge in [0.2, 0.25) is 5.91 Å². The number of hydrogen-bond donors (Lipinski definition) is 1. The van der Waals surface area contributed by atoms with Gasteiger partial charge >= 0.3 is 5.97 Å². The van der Waals surface area contributed by atoms with Crippen LogP contribution in [0.5, 0.6) is 0 Å². The molecule has 18 heavy (non-hydrogen) atoms. The van der Waals surface area contributed by atoms with Crippen LogP contribution in [0.4, 0.5) is 0 Å². The van der Waals surface area contributed by atoms with E-state index in [1.165, 1.54) is 0 Å². The monoisotopic (exact) mass is 257 g/mol. The molecule has 5 heteroatoms. The number of carboxylic acids is 1. The van der Waals surface area contributed by atoms with E-state index in [2.05, 4.69) is 0 Å². The molecular weight excluding hydrogens is 234 g/mol. The first-order valence-electron chi connectivity index (χ1n) is 6.60. The highest BCUT2D eigenvalue weighted by molar-refractivity contribution is 5.76. The van der Waals surface area contributed by atoms with Gasteiger partial charge in [-0.3, -0.25) is 9.59 Å². The molecule has 0 aromatic rings. The highest BCUT2D eigenvalue weighted by atomic mass is 16.5. The first-order chi connectivity index (χ1) is 8.49. The minimum Gasteiger partial charge on any atom is -0.481 e. The van der Waals surface area contributed by atoms with E-state index in [0.29, 0.717) is 12.3 Å². The van der Waals surface area contributed by atoms with Crippen LogP contribution in [0.2, 0.25) is 0 Å². The Morgan fingerprint density at radius 1 is 1.33 bits per heavy atom. The smallest absolute Gasteiger partial charge is 0.305 e. The van der Waals surface area contributed by atoms with Gasteiger partial charge in [0.15, 0.2) is 0 Å². The molecule has 1 aliphatic rings. The van der Waals surface area contributed by atoms with Crippen LogP contribution in [0.1, 0.15) is 39.5 Å². The third kappa shape index (κ3) is 5.49. The zero-order chi connectivity index (χ0) is 13.5. The van der Waals surface area contributed by atoms with Gasteiger partial charge in [0.05, 0.1) is 19.1 Å². The number of hydrogen-bond acceptors (Lipinski definition) is 3. The lowest BCUT2D eigenvalue weighted by atomic mass is 10.1. The van der Waals surface area contributed by atoms with E-state index < -0.39 is 5.97 Å². The van der Waals surface area contributed by atoms with Crippen LogP contribution >= 0.6 is 0 Å². The summed E-state index contributed by atoms with van der Waals surface area (Å²) in [5, 5.41) is 8.51. The normalized spacial score (nSPS) is 17.2. The third-order valence-electron chi connectivity index (χ3n) is 3.05. The number of carbonyl (C=O) groups excluding carboxylic acids is 1. The van der Waals surface area contributed by atoms with Gasteiger partial charge < -0.3 is 14.7 Å². The Hall–Kier alpha value is -1.10. The van der Waals surface area contributed by atoms with E-state index in [9.17, 15) is 9.59 Å². The van der Waals surface area contributed by atoms with Crippen molar-refractivity contribution in [2.75, 3.05) is 19.7 Å². The van der Waals surface area contributed by atoms with Gasteiger partial charge in [0.1, 0.15) is 0 Å². The van der Waals surface area contributed by atoms with E-state index in [0.717, 1.165) is 25.9 Å². The lowest BCUT2D eigenvalue weighted by Crippen LogP contribution is -2.41. The quantitative estimate of drug-likeness (QED) is 0.783. The molecule has 0 bridgehead atoms. The van der Waals surface area contributed by atoms with Gasteiger partial charge in [-0.15, -0.1) is 0 Å². The van der Waals surface area contributed by atoms with Crippen molar-refractivity contribution in [3.63, 3.8) is 0 Å². The molecule has 0 atom stereocenters. The molecule has 1 rings (SSSR count). The maximum Gasteiger partial charge on any atom is 0.305 e. The summed E-state index contributed by atoms with van der Waals surface area (Å²) < 4.78 is 5.48. The summed E-state index contributed by atoms with van der Waals surface area (Å²) in [6.45, 7) is 5.80. The summed E-state index contributed by atoms with van der Waals surface area (Å²) in [6.07, 6.45) is 2.37. The molecule has 0 aromatic carbocycles. The molecule has 1 amide bonds. The Morgan fingerprint density at radius 3 is 2.44 bits per heavy atom. The number of likely N-dealkylation sites (tertiary alicyclic amines) is 1. The molecule has 0 spiro atoms. The topological polar surface area (TPSA) is 66.8 Å². The van der Waals surface area contributed by atoms with Gasteiger partial charge in [0.25, 0.3) is 0 Å². The van der Waals surface area contributed by atoms with Crippen LogP contribution in [-0.2, 0) is 14.3 Å². The standard InChI is InChI=1S/C13H23NO4/c1-10(2)9-12(15)14-6-3-11(4-7-14)18-8-5-13(16)17/h10-11H,3-9H2,1-2H3,(H,16,17). The minimum absolute atomic E-state index is 0.0481. The second kappa shape index (κ2) is 7.36. The summed E-state index contributed by atoms with van der Waals surface area (Å²) >= 11 is 0. The molecule has 0 aliphatic carbocycles. The third-order valence-corrected chi connectivity index (χ3v) is 3.05. The fraction of sp³-hybridized carbons (Fsp3) is 0.846. The Labute approximate surface area is 108 Å². The van der Waals surface area contributed by atoms with Crippen molar-refractivity contribution in [1.29, 1.82) is 0 Å². The van der Waals surface area contributed by atoms with E-state index in [4.69, 9.17) is 9.84 Å². The lowest BCUT2D eigenvalue weighted by molar-refractivity contribution is -0.139. The van der Waals surface area contributed by atoms with E-state index in [1.54, 1.807) is 0 Å². The largest absolute Gasteiger partial charge is 0.481 e. The van der Waals surface area contributed by atoms with Crippen LogP contribution in [0, 0.1) is 5.92 Å². The Balaban J connectivity index is 2.20. The first kappa shape index (κ1) is 15.0. The number of carbonyl (C=O) groups is 2. The van der Waals surface area contributed by atoms with Gasteiger partial charge in [0, 0.05) is 19.5 Å². The molecule has 5 nitrogen and oxygen atoms in total. The minimum atomic E-state index is -0.834. The van der Waals surface area contributed by atoms with Crippen molar-refractivity contribution >= 4 is 11.9 Å². The van der Waals surface area contributed by atoms with Gasteiger partial charge in [-0.05, 0) is 18.8 Å². The molecular formula is C13H23NO4. The Morgan fingerprint density at radius 2 is 1.94 bits per heavy atom. The number of ether oxygens (including phenoxy) is 1. The summed E-state index contributed by atoms with van der Waals surface area (Å²) in [5.74, 6) is -0.226. The van der Waals surface area contributed by atoms with Gasteiger partial charge in [-0.2, -0.15) is 0 Å². The van der Waals surface area contributed by atoms with E-state index in [-0.39, 0.29) is 25.0 Å². The fourth-order valence-electron chi connectivity index (χ4n) is 2.06. The SMILES string of the molecule is CC(C)CC(=O)N1CCC(OCCC(=O)O)CC1. The van der Waals surface area contributed by atoms with Gasteiger partial charge in [-0.1, -0.05) is 13.8 Å². The summed E-state index contributed by atoms with van der Waals surface area (Å²) in [5.41, 5.74) is 0. The zero-order valence-electron chi connectivity index (χ0n) is 11.2. The van der Waals surface area contributed by atoms with Crippen LogP contribution < -0.4 is 0 Å². The molecule has 104 valence electrons. The molecule has 1 N–H and O–H groups in total. The molecule has 1 aliphatic heterocycles. The zero-order valence-corrected chi connectivity index (χ0v) is 11.2. The molecule has 1 saturated heterocycles. The van der Waals surface area contributed by atoms with E-state index >= 15 is 0 Å². The second-order valence-corrected chi connectivity index (χ2v) is 5.19. The van der Waals surface area contributed by atoms with Crippen molar-refractivity contribution in [3.05, 3.63) is 0 Å². The average Bonchev–Trinajstić information content (AvgIpc) is 2.28. The number of piperidine rings is 1. The number of nitrogens with zero attached hydrogens (tertiary/aromatic N) is 1. The molecule has 1 fully saturated rings. The van der Waals surface area contributed by atoms with Crippen molar-refractivity contribution in [1.82, 2.24) is 4.90 Å². The molecule has 0 unspecified atom stereocenters. The molecule has 0 saturated carbocycles. The van der Waals surface area contributed by atoms with E-state index in [1.807, 2.05) is 18.7 Å². The maximum atomic E-state index is 11.8. The number of carboxylic acid groups (broad SMARTS) is 1. The van der Waals surface area contributed by atoms with Crippen LogP contribution in [0.3, 0.4) is 0 Å². The predicted molar refractivity (Wildman–Crippen MR) is 67.3 cm³/mol. The lowest BCUT2D eigenvalue weighted by Gasteiger charge is -2.32. The summed E-state index contributed by atoms with van der Waals surface area (Å²) in [7, 11) is 0. The van der Waals surface area contributed by atoms with Crippen molar-refractivity contribution in [3.8, 4) is 0 Å². The second-order valence-electron chi connectivity index (χ2n) is 5.19. The summed E-state index contributed by atoms with van der Waals surface area (Å²) in [4.78, 5) is 24.1. The average molecular weight is 257 g/mol. The highest BCUT2D eigenvalue weighted by Crippen LogP contribution is 2.16. The first-order valence-corrected chi connectivity index (χ1v) is 6.60. The van der Waals surface area contributed by atoms with Crippen molar-refractivity contribution in [2.45, 2.75) is 45.6 Å². The van der Waals surface area contributed by atoms with Crippen molar-refractivity contribution < 1.29 is 19.4 Å². The van der Waals surface area contributed by atoms with Crippen LogP contribution in [0.15, 0.2) is 0 Å². The fourth-order valence-corrected chi connectivity index (χ4v) is 2.06. The molecule has 0 radical (unpaired) electrons. The van der Waals surface area contributed by atoms with Crippen molar-refractivity contribution in [2.24, 2.45) is 5.92 Å². The summed E-state index contributed by atoms with van der Waals surface area (Å²) in [6, 6.07) is 0.